The van der Waals surface area contributed by atoms with Crippen LogP contribution in [0.4, 0.5) is 0 Å². The van der Waals surface area contributed by atoms with E-state index in [4.69, 9.17) is 0 Å². The van der Waals surface area contributed by atoms with Crippen LogP contribution in [0.3, 0.4) is 0 Å². The fourth-order valence-corrected chi connectivity index (χ4v) is 3.22. The summed E-state index contributed by atoms with van der Waals surface area (Å²) in [7, 11) is 0. The summed E-state index contributed by atoms with van der Waals surface area (Å²) in [4.78, 5) is 16.3. The van der Waals surface area contributed by atoms with Crippen LogP contribution >= 0.6 is 0 Å². The molecule has 4 rings (SSSR count). The van der Waals surface area contributed by atoms with E-state index in [1.807, 2.05) is 60.9 Å². The largest absolute Gasteiger partial charge is 0.287 e. The minimum absolute atomic E-state index is 0.00115. The molecule has 0 N–H and O–H groups in total. The molecule has 0 amide bonds. The van der Waals surface area contributed by atoms with Gasteiger partial charge in [-0.15, -0.1) is 0 Å². The standard InChI is InChI=1S/C23H18N2O/c1-17(26)25-16-22(20-11-5-6-12-23(20)25)21(19-9-3-2-4-10-19)14-18-8-7-13-24-15-18/h2-16H,1H3/b21-14+. The SMILES string of the molecule is CC(=O)n1cc(/C(=C/c2cccnc2)c2ccccc2)c2ccccc21. The summed E-state index contributed by atoms with van der Waals surface area (Å²) < 4.78 is 1.71. The predicted molar refractivity (Wildman–Crippen MR) is 106 cm³/mol. The second-order valence-corrected chi connectivity index (χ2v) is 6.16. The maximum absolute atomic E-state index is 12.1. The van der Waals surface area contributed by atoms with Crippen molar-refractivity contribution in [1.29, 1.82) is 0 Å². The number of hydrogen-bond donors (Lipinski definition) is 0. The molecule has 0 saturated heterocycles. The third kappa shape index (κ3) is 2.95. The van der Waals surface area contributed by atoms with Crippen LogP contribution in [0.25, 0.3) is 22.6 Å². The first kappa shape index (κ1) is 16.0. The van der Waals surface area contributed by atoms with E-state index in [-0.39, 0.29) is 5.91 Å². The molecule has 3 nitrogen and oxygen atoms in total. The third-order valence-electron chi connectivity index (χ3n) is 4.42. The Kier molecular flexibility index (Phi) is 4.20. The van der Waals surface area contributed by atoms with E-state index in [0.29, 0.717) is 0 Å². The van der Waals surface area contributed by atoms with Crippen LogP contribution in [-0.4, -0.2) is 15.5 Å². The summed E-state index contributed by atoms with van der Waals surface area (Å²) in [5.74, 6) is 0.00115. The van der Waals surface area contributed by atoms with Gasteiger partial charge < -0.3 is 0 Å². The molecule has 0 unspecified atom stereocenters. The van der Waals surface area contributed by atoms with Gasteiger partial charge in [0.2, 0.25) is 5.91 Å². The molecule has 0 bridgehead atoms. The molecule has 0 radical (unpaired) electrons. The van der Waals surface area contributed by atoms with Gasteiger partial charge in [-0.2, -0.15) is 0 Å². The van der Waals surface area contributed by atoms with Crippen molar-refractivity contribution in [2.75, 3.05) is 0 Å². The van der Waals surface area contributed by atoms with Crippen molar-refractivity contribution in [3.8, 4) is 0 Å². The average Bonchev–Trinajstić information content (AvgIpc) is 3.07. The summed E-state index contributed by atoms with van der Waals surface area (Å²) in [5.41, 5.74) is 5.14. The number of hydrogen-bond acceptors (Lipinski definition) is 2. The average molecular weight is 338 g/mol. The van der Waals surface area contributed by atoms with E-state index >= 15 is 0 Å². The Morgan fingerprint density at radius 3 is 2.46 bits per heavy atom. The van der Waals surface area contributed by atoms with Crippen molar-refractivity contribution in [2.24, 2.45) is 0 Å². The van der Waals surface area contributed by atoms with E-state index in [1.54, 1.807) is 17.7 Å². The first-order valence-electron chi connectivity index (χ1n) is 8.52. The molecule has 4 aromatic rings. The summed E-state index contributed by atoms with van der Waals surface area (Å²) in [5, 5.41) is 1.06. The van der Waals surface area contributed by atoms with Gasteiger partial charge in [0.05, 0.1) is 5.52 Å². The number of carbonyl (C=O) groups is 1. The number of fused-ring (bicyclic) bond motifs is 1. The highest BCUT2D eigenvalue weighted by molar-refractivity contribution is 6.05. The van der Waals surface area contributed by atoms with Crippen LogP contribution in [0, 0.1) is 0 Å². The molecule has 0 aliphatic rings. The lowest BCUT2D eigenvalue weighted by Gasteiger charge is -2.08. The molecule has 3 heteroatoms. The zero-order valence-electron chi connectivity index (χ0n) is 14.5. The number of benzene rings is 2. The molecule has 0 fully saturated rings. The third-order valence-corrected chi connectivity index (χ3v) is 4.42. The smallest absolute Gasteiger partial charge is 0.227 e. The fraction of sp³-hybridized carbons (Fsp3) is 0.0435. The first-order valence-corrected chi connectivity index (χ1v) is 8.52. The van der Waals surface area contributed by atoms with E-state index in [2.05, 4.69) is 29.3 Å². The van der Waals surface area contributed by atoms with Crippen LogP contribution in [0.1, 0.15) is 28.4 Å². The van der Waals surface area contributed by atoms with Gasteiger partial charge in [-0.25, -0.2) is 0 Å². The second-order valence-electron chi connectivity index (χ2n) is 6.16. The van der Waals surface area contributed by atoms with Crippen molar-refractivity contribution < 1.29 is 4.79 Å². The zero-order chi connectivity index (χ0) is 17.9. The lowest BCUT2D eigenvalue weighted by atomic mass is 9.95. The maximum Gasteiger partial charge on any atom is 0.227 e. The van der Waals surface area contributed by atoms with Gasteiger partial charge in [-0.1, -0.05) is 54.6 Å². The summed E-state index contributed by atoms with van der Waals surface area (Å²) in [6.45, 7) is 1.59. The summed E-state index contributed by atoms with van der Waals surface area (Å²) in [6.07, 6.45) is 7.66. The van der Waals surface area contributed by atoms with Crippen LogP contribution < -0.4 is 0 Å². The van der Waals surface area contributed by atoms with Crippen LogP contribution in [0.2, 0.25) is 0 Å². The van der Waals surface area contributed by atoms with Gasteiger partial charge in [0.25, 0.3) is 0 Å². The Bertz CT molecular complexity index is 1090. The summed E-state index contributed by atoms with van der Waals surface area (Å²) >= 11 is 0. The Morgan fingerprint density at radius 2 is 1.73 bits per heavy atom. The topological polar surface area (TPSA) is 34.9 Å². The van der Waals surface area contributed by atoms with Crippen LogP contribution in [0.15, 0.2) is 85.3 Å². The maximum atomic E-state index is 12.1. The second kappa shape index (κ2) is 6.81. The monoisotopic (exact) mass is 338 g/mol. The molecule has 2 aromatic heterocycles. The molecule has 0 atom stereocenters. The van der Waals surface area contributed by atoms with Crippen molar-refractivity contribution in [3.63, 3.8) is 0 Å². The normalized spacial score (nSPS) is 11.7. The Balaban J connectivity index is 2.01. The minimum atomic E-state index is 0.00115. The Labute approximate surface area is 152 Å². The Hall–Kier alpha value is -3.46. The Morgan fingerprint density at radius 1 is 0.962 bits per heavy atom. The molecule has 2 heterocycles. The zero-order valence-corrected chi connectivity index (χ0v) is 14.5. The molecule has 26 heavy (non-hydrogen) atoms. The molecule has 0 saturated carbocycles. The minimum Gasteiger partial charge on any atom is -0.287 e. The van der Waals surface area contributed by atoms with Gasteiger partial charge in [-0.3, -0.25) is 14.3 Å². The quantitative estimate of drug-likeness (QED) is 0.509. The van der Waals surface area contributed by atoms with Crippen molar-refractivity contribution in [2.45, 2.75) is 6.92 Å². The van der Waals surface area contributed by atoms with E-state index in [9.17, 15) is 4.79 Å². The molecule has 0 aliphatic carbocycles. The molecule has 0 aliphatic heterocycles. The molecular formula is C23H18N2O. The van der Waals surface area contributed by atoms with Crippen LogP contribution in [-0.2, 0) is 0 Å². The highest BCUT2D eigenvalue weighted by atomic mass is 16.1. The van der Waals surface area contributed by atoms with Gasteiger partial charge >= 0.3 is 0 Å². The highest BCUT2D eigenvalue weighted by Gasteiger charge is 2.15. The van der Waals surface area contributed by atoms with E-state index < -0.39 is 0 Å². The molecule has 126 valence electrons. The number of para-hydroxylation sites is 1. The molecule has 2 aromatic carbocycles. The van der Waals surface area contributed by atoms with Crippen molar-refractivity contribution in [1.82, 2.24) is 9.55 Å². The number of pyridine rings is 1. The van der Waals surface area contributed by atoms with E-state index in [1.165, 1.54) is 0 Å². The summed E-state index contributed by atoms with van der Waals surface area (Å²) in [6, 6.07) is 22.2. The predicted octanol–water partition coefficient (Wildman–Crippen LogP) is 5.29. The number of aromatic nitrogens is 2. The van der Waals surface area contributed by atoms with Gasteiger partial charge in [-0.05, 0) is 34.9 Å². The highest BCUT2D eigenvalue weighted by Crippen LogP contribution is 2.33. The molecular weight excluding hydrogens is 320 g/mol. The van der Waals surface area contributed by atoms with Gasteiger partial charge in [0.15, 0.2) is 0 Å². The first-order chi connectivity index (χ1) is 12.7. The van der Waals surface area contributed by atoms with Crippen LogP contribution in [0.5, 0.6) is 0 Å². The number of nitrogens with zero attached hydrogens (tertiary/aromatic N) is 2. The van der Waals surface area contributed by atoms with Crippen molar-refractivity contribution in [3.05, 3.63) is 102 Å². The number of rotatable bonds is 3. The van der Waals surface area contributed by atoms with Crippen molar-refractivity contribution >= 4 is 28.5 Å². The van der Waals surface area contributed by atoms with E-state index in [0.717, 1.165) is 33.2 Å². The lowest BCUT2D eigenvalue weighted by Crippen LogP contribution is -2.02. The lowest BCUT2D eigenvalue weighted by molar-refractivity contribution is 0.0941. The van der Waals surface area contributed by atoms with Gasteiger partial charge in [0, 0.05) is 36.5 Å². The fourth-order valence-electron chi connectivity index (χ4n) is 3.22. The molecule has 0 spiro atoms. The number of carbonyl (C=O) groups excluding carboxylic acids is 1. The van der Waals surface area contributed by atoms with Gasteiger partial charge in [0.1, 0.15) is 0 Å².